The zero-order valence-electron chi connectivity index (χ0n) is 21.6. The molecule has 2 saturated carbocycles. The van der Waals surface area contributed by atoms with Crippen LogP contribution in [0.25, 0.3) is 0 Å². The van der Waals surface area contributed by atoms with Gasteiger partial charge in [-0.05, 0) is 105 Å². The zero-order valence-corrected chi connectivity index (χ0v) is 28.1. The number of rotatable bonds is 7. The molecule has 6 rings (SSSR count). The summed E-state index contributed by atoms with van der Waals surface area (Å²) in [6, 6.07) is 13.3. The summed E-state index contributed by atoms with van der Waals surface area (Å²) >= 11 is 6.33. The van der Waals surface area contributed by atoms with Gasteiger partial charge in [0.2, 0.25) is 0 Å². The number of hydrogen-bond donors (Lipinski definition) is 1. The summed E-state index contributed by atoms with van der Waals surface area (Å²) in [5, 5.41) is 3.32. The Morgan fingerprint density at radius 3 is 2.49 bits per heavy atom. The van der Waals surface area contributed by atoms with Crippen LogP contribution in [0.2, 0.25) is 0 Å². The Labute approximate surface area is 277 Å². The molecule has 2 bridgehead atoms. The highest BCUT2D eigenvalue weighted by atomic mass is 127. The summed E-state index contributed by atoms with van der Waals surface area (Å²) in [4.78, 5) is 52.3. The van der Waals surface area contributed by atoms with E-state index in [2.05, 4.69) is 73.1 Å². The average Bonchev–Trinajstić information content (AvgIpc) is 3.59. The summed E-state index contributed by atoms with van der Waals surface area (Å²) in [7, 11) is 0. The van der Waals surface area contributed by atoms with Crippen LogP contribution in [-0.2, 0) is 38.9 Å². The van der Waals surface area contributed by atoms with Crippen molar-refractivity contribution in [3.8, 4) is 0 Å². The summed E-state index contributed by atoms with van der Waals surface area (Å²) in [5.74, 6) is -4.29. The lowest BCUT2D eigenvalue weighted by Crippen LogP contribution is -2.48. The molecule has 0 aromatic heterocycles. The number of halogens is 3. The molecule has 2 aliphatic carbocycles. The highest BCUT2D eigenvalue weighted by Gasteiger charge is 2.70. The van der Waals surface area contributed by atoms with Crippen LogP contribution in [0.3, 0.4) is 0 Å². The maximum absolute atomic E-state index is 13.8. The Kier molecular flexibility index (Phi) is 8.55. The number of esters is 4. The second-order valence-corrected chi connectivity index (χ2v) is 14.3. The minimum atomic E-state index is -0.800. The Hall–Kier alpha value is -1.53. The third-order valence-electron chi connectivity index (χ3n) is 8.63. The van der Waals surface area contributed by atoms with Crippen LogP contribution in [-0.4, -0.2) is 55.8 Å². The molecule has 12 heteroatoms. The van der Waals surface area contributed by atoms with Crippen LogP contribution < -0.4 is 5.32 Å². The van der Waals surface area contributed by atoms with E-state index >= 15 is 0 Å². The fourth-order valence-corrected chi connectivity index (χ4v) is 9.22. The molecule has 2 aromatic rings. The van der Waals surface area contributed by atoms with Crippen molar-refractivity contribution in [1.29, 1.82) is 0 Å². The lowest BCUT2D eigenvalue weighted by Gasteiger charge is -2.39. The molecular weight excluding hydrogens is 871 g/mol. The topological polar surface area (TPSA) is 117 Å². The Morgan fingerprint density at radius 1 is 1.02 bits per heavy atom. The Balaban J connectivity index is 1.16. The maximum atomic E-state index is 13.8. The quantitative estimate of drug-likeness (QED) is 0.189. The summed E-state index contributed by atoms with van der Waals surface area (Å²) in [5.41, 5.74) is 0.501. The van der Waals surface area contributed by atoms with E-state index in [1.54, 1.807) is 6.07 Å². The molecule has 9 nitrogen and oxygen atoms in total. The molecule has 0 amide bonds. The van der Waals surface area contributed by atoms with E-state index in [1.165, 1.54) is 0 Å². The fourth-order valence-electron chi connectivity index (χ4n) is 6.84. The number of carbonyl (C=O) groups excluding carboxylic acids is 4. The van der Waals surface area contributed by atoms with Crippen LogP contribution in [0.1, 0.15) is 35.2 Å². The van der Waals surface area contributed by atoms with Crippen molar-refractivity contribution in [2.75, 3.05) is 19.7 Å². The van der Waals surface area contributed by atoms with Gasteiger partial charge in [-0.15, -0.1) is 0 Å². The SMILES string of the molecule is O=C(COC(=O)c1cc(I)cc(I)c1I)OC1C2CC3C1OC(=O)C3C2C(=O)OC1(c2ccccc2)CCNCC1. The predicted octanol–water partition coefficient (Wildman–Crippen LogP) is 4.20. The third kappa shape index (κ3) is 5.50. The summed E-state index contributed by atoms with van der Waals surface area (Å²) in [6.45, 7) is 0.811. The van der Waals surface area contributed by atoms with Crippen LogP contribution in [0.5, 0.6) is 0 Å². The van der Waals surface area contributed by atoms with Gasteiger partial charge < -0.3 is 24.3 Å². The molecule has 2 saturated heterocycles. The number of hydrogen-bond acceptors (Lipinski definition) is 9. The number of carbonyl (C=O) groups is 4. The highest BCUT2D eigenvalue weighted by Crippen LogP contribution is 2.59. The summed E-state index contributed by atoms with van der Waals surface area (Å²) < 4.78 is 25.5. The molecule has 6 unspecified atom stereocenters. The number of ether oxygens (including phenoxy) is 4. The second-order valence-electron chi connectivity index (χ2n) is 10.8. The van der Waals surface area contributed by atoms with Gasteiger partial charge in [0, 0.05) is 35.4 Å². The van der Waals surface area contributed by atoms with Crippen molar-refractivity contribution in [3.05, 3.63) is 64.3 Å². The van der Waals surface area contributed by atoms with Gasteiger partial charge in [-0.25, -0.2) is 9.59 Å². The number of fused-ring (bicyclic) bond motifs is 1. The normalized spacial score (nSPS) is 29.1. The van der Waals surface area contributed by atoms with Crippen molar-refractivity contribution in [2.24, 2.45) is 23.7 Å². The maximum Gasteiger partial charge on any atom is 0.344 e. The monoisotopic (exact) mass is 897 g/mol. The minimum Gasteiger partial charge on any atom is -0.458 e. The first-order valence-electron chi connectivity index (χ1n) is 13.4. The van der Waals surface area contributed by atoms with Crippen LogP contribution in [0.15, 0.2) is 42.5 Å². The third-order valence-corrected chi connectivity index (χ3v) is 12.3. The number of piperidine rings is 1. The lowest BCUT2D eigenvalue weighted by atomic mass is 9.78. The van der Waals surface area contributed by atoms with Crippen molar-refractivity contribution in [2.45, 2.75) is 37.1 Å². The van der Waals surface area contributed by atoms with Crippen molar-refractivity contribution in [3.63, 3.8) is 0 Å². The lowest BCUT2D eigenvalue weighted by molar-refractivity contribution is -0.179. The van der Waals surface area contributed by atoms with E-state index in [4.69, 9.17) is 18.9 Å². The number of benzene rings is 2. The summed E-state index contributed by atoms with van der Waals surface area (Å²) in [6.07, 6.45) is 0.345. The first-order valence-corrected chi connectivity index (χ1v) is 16.6. The van der Waals surface area contributed by atoms with Gasteiger partial charge in [0.1, 0.15) is 17.8 Å². The van der Waals surface area contributed by atoms with Crippen LogP contribution in [0.4, 0.5) is 0 Å². The van der Waals surface area contributed by atoms with Gasteiger partial charge in [0.25, 0.3) is 0 Å². The predicted molar refractivity (Wildman–Crippen MR) is 170 cm³/mol. The molecule has 6 atom stereocenters. The van der Waals surface area contributed by atoms with Crippen LogP contribution >= 0.6 is 67.8 Å². The van der Waals surface area contributed by atoms with Gasteiger partial charge >= 0.3 is 23.9 Å². The van der Waals surface area contributed by atoms with E-state index < -0.39 is 66.0 Å². The first-order chi connectivity index (χ1) is 19.7. The molecule has 0 radical (unpaired) electrons. The molecule has 2 aromatic carbocycles. The van der Waals surface area contributed by atoms with E-state index in [9.17, 15) is 19.2 Å². The Morgan fingerprint density at radius 2 is 1.76 bits per heavy atom. The smallest absolute Gasteiger partial charge is 0.344 e. The standard InChI is InChI=1S/C29H26I3NO8/c30-15-10-18(23(32)19(31)11-15)26(35)38-13-20(34)39-24-17-12-16-21(27(36)40-25(16)24)22(17)28(37)41-29(6-8-33-9-7-29)14-4-2-1-3-5-14/h1-5,10-11,16-17,21-22,24-25,33H,6-9,12-13H2. The fraction of sp³-hybridized carbons (Fsp3) is 0.448. The first kappa shape index (κ1) is 29.5. The molecule has 1 N–H and O–H groups in total. The molecule has 2 aliphatic heterocycles. The largest absolute Gasteiger partial charge is 0.458 e. The number of nitrogens with one attached hydrogen (secondary N) is 1. The van der Waals surface area contributed by atoms with Gasteiger partial charge in [-0.2, -0.15) is 0 Å². The van der Waals surface area contributed by atoms with Gasteiger partial charge in [-0.1, -0.05) is 30.3 Å². The van der Waals surface area contributed by atoms with Crippen LogP contribution in [0, 0.1) is 34.4 Å². The molecule has 0 spiro atoms. The zero-order chi connectivity index (χ0) is 28.9. The van der Waals surface area contributed by atoms with E-state index in [0.29, 0.717) is 37.9 Å². The Bertz CT molecular complexity index is 1400. The van der Waals surface area contributed by atoms with Gasteiger partial charge in [0.05, 0.1) is 17.4 Å². The van der Waals surface area contributed by atoms with Crippen molar-refractivity contribution < 1.29 is 38.1 Å². The molecule has 4 fully saturated rings. The van der Waals surface area contributed by atoms with Crippen molar-refractivity contribution in [1.82, 2.24) is 5.32 Å². The molecule has 41 heavy (non-hydrogen) atoms. The minimum absolute atomic E-state index is 0.221. The average molecular weight is 897 g/mol. The molecule has 2 heterocycles. The van der Waals surface area contributed by atoms with Gasteiger partial charge in [0.15, 0.2) is 6.61 Å². The second kappa shape index (κ2) is 11.9. The molecule has 216 valence electrons. The highest BCUT2D eigenvalue weighted by molar-refractivity contribution is 14.1. The van der Waals surface area contributed by atoms with Gasteiger partial charge in [-0.3, -0.25) is 9.59 Å². The van der Waals surface area contributed by atoms with E-state index in [-0.39, 0.29) is 5.92 Å². The molecular formula is C29H26I3NO8. The van der Waals surface area contributed by atoms with Crippen molar-refractivity contribution >= 4 is 91.6 Å². The molecule has 4 aliphatic rings. The van der Waals surface area contributed by atoms with E-state index in [0.717, 1.165) is 16.3 Å². The van der Waals surface area contributed by atoms with E-state index in [1.807, 2.05) is 36.4 Å².